The largest absolute Gasteiger partial charge is 0.394 e. The van der Waals surface area contributed by atoms with Crippen LogP contribution in [0.5, 0.6) is 0 Å². The van der Waals surface area contributed by atoms with E-state index in [-0.39, 0.29) is 24.5 Å². The van der Waals surface area contributed by atoms with Gasteiger partial charge in [0.15, 0.2) is 0 Å². The van der Waals surface area contributed by atoms with Crippen LogP contribution in [0.3, 0.4) is 0 Å². The average molecular weight is 256 g/mol. The van der Waals surface area contributed by atoms with E-state index in [4.69, 9.17) is 5.73 Å². The molecule has 1 amide bonds. The molecule has 4 heteroatoms. The van der Waals surface area contributed by atoms with E-state index in [1.165, 1.54) is 6.42 Å². The minimum absolute atomic E-state index is 0.0178. The molecule has 0 bridgehead atoms. The first-order valence-corrected chi connectivity index (χ1v) is 7.19. The molecule has 0 aliphatic heterocycles. The minimum atomic E-state index is -0.113. The van der Waals surface area contributed by atoms with Gasteiger partial charge in [-0.1, -0.05) is 26.7 Å². The molecule has 4 nitrogen and oxygen atoms in total. The number of rotatable bonds is 6. The second-order valence-electron chi connectivity index (χ2n) is 5.90. The molecule has 1 fully saturated rings. The third-order valence-electron chi connectivity index (χ3n) is 3.87. The molecule has 1 aliphatic carbocycles. The van der Waals surface area contributed by atoms with Gasteiger partial charge >= 0.3 is 0 Å². The molecule has 0 spiro atoms. The van der Waals surface area contributed by atoms with E-state index in [1.807, 2.05) is 0 Å². The Morgan fingerprint density at radius 2 is 2.06 bits per heavy atom. The maximum absolute atomic E-state index is 12.2. The van der Waals surface area contributed by atoms with Gasteiger partial charge in [-0.05, 0) is 37.6 Å². The van der Waals surface area contributed by atoms with Gasteiger partial charge < -0.3 is 16.2 Å². The monoisotopic (exact) mass is 256 g/mol. The van der Waals surface area contributed by atoms with E-state index in [0.29, 0.717) is 18.4 Å². The quantitative estimate of drug-likeness (QED) is 0.670. The van der Waals surface area contributed by atoms with Gasteiger partial charge in [0, 0.05) is 5.92 Å². The van der Waals surface area contributed by atoms with E-state index in [0.717, 1.165) is 25.7 Å². The van der Waals surface area contributed by atoms with Gasteiger partial charge in [-0.15, -0.1) is 0 Å². The fourth-order valence-corrected chi connectivity index (χ4v) is 2.89. The number of amides is 1. The van der Waals surface area contributed by atoms with Crippen LogP contribution in [-0.2, 0) is 4.79 Å². The van der Waals surface area contributed by atoms with Crippen LogP contribution in [0.25, 0.3) is 0 Å². The van der Waals surface area contributed by atoms with Crippen molar-refractivity contribution in [2.75, 3.05) is 13.2 Å². The van der Waals surface area contributed by atoms with Gasteiger partial charge in [-0.3, -0.25) is 4.79 Å². The Hall–Kier alpha value is -0.610. The smallest absolute Gasteiger partial charge is 0.223 e. The Labute approximate surface area is 110 Å². The van der Waals surface area contributed by atoms with Crippen molar-refractivity contribution in [3.63, 3.8) is 0 Å². The molecular formula is C14H28N2O2. The highest BCUT2D eigenvalue weighted by molar-refractivity contribution is 5.79. The predicted octanol–water partition coefficient (Wildman–Crippen LogP) is 1.27. The van der Waals surface area contributed by atoms with Crippen molar-refractivity contribution in [1.82, 2.24) is 5.32 Å². The number of hydrogen-bond donors (Lipinski definition) is 3. The highest BCUT2D eigenvalue weighted by Gasteiger charge is 2.30. The summed E-state index contributed by atoms with van der Waals surface area (Å²) in [5.41, 5.74) is 5.75. The Morgan fingerprint density at radius 1 is 1.39 bits per heavy atom. The summed E-state index contributed by atoms with van der Waals surface area (Å²) in [5, 5.41) is 12.3. The van der Waals surface area contributed by atoms with Crippen LogP contribution in [0.1, 0.15) is 46.0 Å². The number of nitrogens with two attached hydrogens (primary N) is 1. The van der Waals surface area contributed by atoms with Crippen molar-refractivity contribution in [1.29, 1.82) is 0 Å². The molecule has 0 aromatic carbocycles. The Balaban J connectivity index is 2.51. The standard InChI is InChI=1S/C14H28N2O2/c1-10(2)7-12(9-17)16-14(18)13-6-4-3-5-11(13)8-15/h10-13,17H,3-9,15H2,1-2H3,(H,16,18). The van der Waals surface area contributed by atoms with Gasteiger partial charge in [0.2, 0.25) is 5.91 Å². The Morgan fingerprint density at radius 3 is 2.61 bits per heavy atom. The summed E-state index contributed by atoms with van der Waals surface area (Å²) >= 11 is 0. The summed E-state index contributed by atoms with van der Waals surface area (Å²) in [4.78, 5) is 12.2. The Kier molecular flexibility index (Phi) is 6.65. The zero-order chi connectivity index (χ0) is 13.5. The lowest BCUT2D eigenvalue weighted by Gasteiger charge is -2.31. The molecule has 0 saturated heterocycles. The van der Waals surface area contributed by atoms with Crippen molar-refractivity contribution in [2.24, 2.45) is 23.5 Å². The SMILES string of the molecule is CC(C)CC(CO)NC(=O)C1CCCCC1CN. The lowest BCUT2D eigenvalue weighted by molar-refractivity contribution is -0.128. The van der Waals surface area contributed by atoms with E-state index in [2.05, 4.69) is 19.2 Å². The molecule has 18 heavy (non-hydrogen) atoms. The van der Waals surface area contributed by atoms with E-state index in [9.17, 15) is 9.90 Å². The second kappa shape index (κ2) is 7.74. The topological polar surface area (TPSA) is 75.3 Å². The molecule has 106 valence electrons. The maximum atomic E-state index is 12.2. The van der Waals surface area contributed by atoms with Crippen LogP contribution < -0.4 is 11.1 Å². The van der Waals surface area contributed by atoms with E-state index < -0.39 is 0 Å². The van der Waals surface area contributed by atoms with Gasteiger partial charge in [-0.25, -0.2) is 0 Å². The molecule has 4 N–H and O–H groups in total. The van der Waals surface area contributed by atoms with Crippen molar-refractivity contribution in [3.8, 4) is 0 Å². The number of hydrogen-bond acceptors (Lipinski definition) is 3. The first kappa shape index (κ1) is 15.4. The van der Waals surface area contributed by atoms with Crippen molar-refractivity contribution < 1.29 is 9.90 Å². The van der Waals surface area contributed by atoms with E-state index in [1.54, 1.807) is 0 Å². The van der Waals surface area contributed by atoms with Crippen LogP contribution in [-0.4, -0.2) is 30.2 Å². The number of aliphatic hydroxyl groups is 1. The van der Waals surface area contributed by atoms with Gasteiger partial charge in [0.05, 0.1) is 12.6 Å². The highest BCUT2D eigenvalue weighted by Crippen LogP contribution is 2.29. The Bertz CT molecular complexity index is 256. The predicted molar refractivity (Wildman–Crippen MR) is 73.0 cm³/mol. The molecule has 1 aliphatic rings. The summed E-state index contributed by atoms with van der Waals surface area (Å²) in [6.45, 7) is 4.80. The summed E-state index contributed by atoms with van der Waals surface area (Å²) in [5.74, 6) is 0.922. The van der Waals surface area contributed by atoms with Gasteiger partial charge in [0.1, 0.15) is 0 Å². The first-order valence-electron chi connectivity index (χ1n) is 7.19. The molecule has 0 radical (unpaired) electrons. The van der Waals surface area contributed by atoms with Crippen LogP contribution >= 0.6 is 0 Å². The molecule has 0 aromatic heterocycles. The molecule has 1 saturated carbocycles. The number of carbonyl (C=O) groups is 1. The highest BCUT2D eigenvalue weighted by atomic mass is 16.3. The summed E-state index contributed by atoms with van der Waals surface area (Å²) < 4.78 is 0. The maximum Gasteiger partial charge on any atom is 0.223 e. The second-order valence-corrected chi connectivity index (χ2v) is 5.90. The van der Waals surface area contributed by atoms with Crippen molar-refractivity contribution in [3.05, 3.63) is 0 Å². The number of carbonyl (C=O) groups excluding carboxylic acids is 1. The molecule has 0 aromatic rings. The van der Waals surface area contributed by atoms with E-state index >= 15 is 0 Å². The van der Waals surface area contributed by atoms with Crippen molar-refractivity contribution >= 4 is 5.91 Å². The summed E-state index contributed by atoms with van der Waals surface area (Å²) in [7, 11) is 0. The zero-order valence-electron chi connectivity index (χ0n) is 11.7. The number of nitrogens with one attached hydrogen (secondary N) is 1. The lowest BCUT2D eigenvalue weighted by Crippen LogP contribution is -2.45. The van der Waals surface area contributed by atoms with Gasteiger partial charge in [-0.2, -0.15) is 0 Å². The minimum Gasteiger partial charge on any atom is -0.394 e. The summed E-state index contributed by atoms with van der Waals surface area (Å²) in [6.07, 6.45) is 5.11. The lowest BCUT2D eigenvalue weighted by atomic mass is 9.78. The van der Waals surface area contributed by atoms with Gasteiger partial charge in [0.25, 0.3) is 0 Å². The molecule has 3 unspecified atom stereocenters. The van der Waals surface area contributed by atoms with Crippen molar-refractivity contribution in [2.45, 2.75) is 52.0 Å². The first-order chi connectivity index (χ1) is 8.58. The molecule has 1 rings (SSSR count). The zero-order valence-corrected chi connectivity index (χ0v) is 11.7. The fraction of sp³-hybridized carbons (Fsp3) is 0.929. The normalized spacial score (nSPS) is 26.1. The third-order valence-corrected chi connectivity index (χ3v) is 3.87. The van der Waals surface area contributed by atoms with Crippen LogP contribution in [0.15, 0.2) is 0 Å². The number of aliphatic hydroxyl groups excluding tert-OH is 1. The van der Waals surface area contributed by atoms with Crippen LogP contribution in [0.2, 0.25) is 0 Å². The fourth-order valence-electron chi connectivity index (χ4n) is 2.89. The molecule has 0 heterocycles. The molecular weight excluding hydrogens is 228 g/mol. The molecule has 3 atom stereocenters. The van der Waals surface area contributed by atoms with Crippen LogP contribution in [0.4, 0.5) is 0 Å². The van der Waals surface area contributed by atoms with Crippen LogP contribution in [0, 0.1) is 17.8 Å². The average Bonchev–Trinajstić information content (AvgIpc) is 2.37. The summed E-state index contributed by atoms with van der Waals surface area (Å²) in [6, 6.07) is -0.113. The third kappa shape index (κ3) is 4.58.